The average molecular weight is 344 g/mol. The van der Waals surface area contributed by atoms with E-state index in [9.17, 15) is 9.59 Å². The van der Waals surface area contributed by atoms with Gasteiger partial charge in [-0.1, -0.05) is 30.0 Å². The van der Waals surface area contributed by atoms with Crippen molar-refractivity contribution in [3.05, 3.63) is 53.3 Å². The van der Waals surface area contributed by atoms with Gasteiger partial charge < -0.3 is 10.6 Å². The number of carbonyl (C=O) groups is 2. The number of amides is 2. The number of nitrogens with one attached hydrogen (secondary N) is 2. The zero-order chi connectivity index (χ0) is 17.4. The van der Waals surface area contributed by atoms with Gasteiger partial charge in [0.05, 0.1) is 5.75 Å². The van der Waals surface area contributed by atoms with Crippen molar-refractivity contribution in [2.24, 2.45) is 0 Å². The molecule has 1 aromatic heterocycles. The van der Waals surface area contributed by atoms with Crippen LogP contribution in [0.5, 0.6) is 0 Å². The summed E-state index contributed by atoms with van der Waals surface area (Å²) in [6.45, 7) is 4.55. The lowest BCUT2D eigenvalue weighted by Crippen LogP contribution is -2.35. The van der Waals surface area contributed by atoms with Gasteiger partial charge in [-0.3, -0.25) is 9.59 Å². The highest BCUT2D eigenvalue weighted by atomic mass is 32.2. The molecule has 0 saturated carbocycles. The lowest BCUT2D eigenvalue weighted by atomic mass is 10.2. The monoisotopic (exact) mass is 344 g/mol. The Morgan fingerprint density at radius 3 is 2.29 bits per heavy atom. The van der Waals surface area contributed by atoms with E-state index in [0.717, 1.165) is 11.4 Å². The second-order valence-electron chi connectivity index (χ2n) is 5.19. The molecule has 2 N–H and O–H groups in total. The van der Waals surface area contributed by atoms with Gasteiger partial charge in [-0.25, -0.2) is 9.97 Å². The first-order chi connectivity index (χ1) is 11.5. The Hall–Kier alpha value is -2.41. The van der Waals surface area contributed by atoms with Crippen LogP contribution in [0.1, 0.15) is 21.7 Å². The molecule has 0 aliphatic heterocycles. The molecule has 0 atom stereocenters. The molecule has 0 unspecified atom stereocenters. The molecule has 0 radical (unpaired) electrons. The first kappa shape index (κ1) is 17.9. The minimum atomic E-state index is -0.150. The highest BCUT2D eigenvalue weighted by Gasteiger charge is 2.07. The first-order valence-corrected chi connectivity index (χ1v) is 8.58. The van der Waals surface area contributed by atoms with Gasteiger partial charge in [-0.05, 0) is 32.0 Å². The predicted octanol–water partition coefficient (Wildman–Crippen LogP) is 1.73. The van der Waals surface area contributed by atoms with E-state index in [1.165, 1.54) is 11.8 Å². The number of aromatic nitrogens is 2. The summed E-state index contributed by atoms with van der Waals surface area (Å²) in [6, 6.07) is 10.8. The number of aryl methyl sites for hydroxylation is 2. The van der Waals surface area contributed by atoms with E-state index >= 15 is 0 Å². The highest BCUT2D eigenvalue weighted by Crippen LogP contribution is 2.13. The van der Waals surface area contributed by atoms with Crippen molar-refractivity contribution in [3.8, 4) is 0 Å². The molecule has 24 heavy (non-hydrogen) atoms. The van der Waals surface area contributed by atoms with Crippen LogP contribution >= 0.6 is 11.8 Å². The van der Waals surface area contributed by atoms with Gasteiger partial charge >= 0.3 is 0 Å². The van der Waals surface area contributed by atoms with Crippen LogP contribution in [-0.4, -0.2) is 40.6 Å². The first-order valence-electron chi connectivity index (χ1n) is 7.59. The third-order valence-electron chi connectivity index (χ3n) is 3.06. The Morgan fingerprint density at radius 1 is 1.00 bits per heavy atom. The highest BCUT2D eigenvalue weighted by molar-refractivity contribution is 7.99. The largest absolute Gasteiger partial charge is 0.354 e. The van der Waals surface area contributed by atoms with Crippen molar-refractivity contribution in [1.29, 1.82) is 0 Å². The Bertz CT molecular complexity index is 687. The van der Waals surface area contributed by atoms with Crippen molar-refractivity contribution in [1.82, 2.24) is 20.6 Å². The minimum absolute atomic E-state index is 0.114. The average Bonchev–Trinajstić information content (AvgIpc) is 2.56. The Morgan fingerprint density at radius 2 is 1.62 bits per heavy atom. The van der Waals surface area contributed by atoms with Crippen LogP contribution in [0.25, 0.3) is 0 Å². The van der Waals surface area contributed by atoms with Gasteiger partial charge in [0.25, 0.3) is 5.91 Å². The minimum Gasteiger partial charge on any atom is -0.354 e. The van der Waals surface area contributed by atoms with Crippen molar-refractivity contribution < 1.29 is 9.59 Å². The molecule has 6 nitrogen and oxygen atoms in total. The lowest BCUT2D eigenvalue weighted by Gasteiger charge is -2.07. The van der Waals surface area contributed by atoms with Crippen molar-refractivity contribution in [2.75, 3.05) is 18.8 Å². The van der Waals surface area contributed by atoms with Crippen LogP contribution in [0.3, 0.4) is 0 Å². The summed E-state index contributed by atoms with van der Waals surface area (Å²) < 4.78 is 0. The molecule has 0 aliphatic rings. The summed E-state index contributed by atoms with van der Waals surface area (Å²) >= 11 is 1.30. The third kappa shape index (κ3) is 6.00. The SMILES string of the molecule is Cc1cc(C)nc(SCC(=O)NCCNC(=O)c2ccccc2)n1. The summed E-state index contributed by atoms with van der Waals surface area (Å²) in [4.78, 5) is 32.2. The zero-order valence-electron chi connectivity index (χ0n) is 13.7. The molecular formula is C17H20N4O2S. The Kier molecular flexibility index (Phi) is 6.74. The topological polar surface area (TPSA) is 84.0 Å². The number of benzene rings is 1. The maximum atomic E-state index is 11.8. The molecule has 0 saturated heterocycles. The molecule has 2 rings (SSSR count). The fourth-order valence-electron chi connectivity index (χ4n) is 2.01. The summed E-state index contributed by atoms with van der Waals surface area (Å²) in [5.74, 6) is -0.0187. The van der Waals surface area contributed by atoms with Crippen LogP contribution in [0, 0.1) is 13.8 Å². The van der Waals surface area contributed by atoms with E-state index < -0.39 is 0 Å². The van der Waals surface area contributed by atoms with Gasteiger partial charge in [0.2, 0.25) is 5.91 Å². The van der Waals surface area contributed by atoms with Gasteiger partial charge in [0.1, 0.15) is 0 Å². The van der Waals surface area contributed by atoms with Gasteiger partial charge in [-0.2, -0.15) is 0 Å². The van der Waals surface area contributed by atoms with Gasteiger partial charge in [-0.15, -0.1) is 0 Å². The van der Waals surface area contributed by atoms with Crippen molar-refractivity contribution >= 4 is 23.6 Å². The maximum absolute atomic E-state index is 11.8. The Balaban J connectivity index is 1.65. The molecule has 126 valence electrons. The van der Waals surface area contributed by atoms with Crippen LogP contribution in [0.4, 0.5) is 0 Å². The summed E-state index contributed by atoms with van der Waals surface area (Å²) in [6.07, 6.45) is 0. The van der Waals surface area contributed by atoms with E-state index in [-0.39, 0.29) is 17.6 Å². The molecule has 7 heteroatoms. The number of carbonyl (C=O) groups excluding carboxylic acids is 2. The van der Waals surface area contributed by atoms with Crippen LogP contribution in [0.15, 0.2) is 41.6 Å². The normalized spacial score (nSPS) is 10.2. The summed E-state index contributed by atoms with van der Waals surface area (Å²) in [7, 11) is 0. The van der Waals surface area contributed by atoms with Gasteiger partial charge in [0, 0.05) is 30.0 Å². The maximum Gasteiger partial charge on any atom is 0.251 e. The fraction of sp³-hybridized carbons (Fsp3) is 0.294. The number of rotatable bonds is 7. The number of hydrogen-bond acceptors (Lipinski definition) is 5. The fourth-order valence-corrected chi connectivity index (χ4v) is 2.79. The van der Waals surface area contributed by atoms with Crippen LogP contribution < -0.4 is 10.6 Å². The van der Waals surface area contributed by atoms with Crippen LogP contribution in [-0.2, 0) is 4.79 Å². The number of nitrogens with zero attached hydrogens (tertiary/aromatic N) is 2. The van der Waals surface area contributed by atoms with E-state index in [1.807, 2.05) is 38.1 Å². The second kappa shape index (κ2) is 9.02. The quantitative estimate of drug-likeness (QED) is 0.454. The summed E-state index contributed by atoms with van der Waals surface area (Å²) in [5, 5.41) is 6.11. The zero-order valence-corrected chi connectivity index (χ0v) is 14.5. The molecule has 2 amide bonds. The number of hydrogen-bond donors (Lipinski definition) is 2. The molecule has 1 aromatic carbocycles. The third-order valence-corrected chi connectivity index (χ3v) is 3.91. The van der Waals surface area contributed by atoms with Crippen molar-refractivity contribution in [3.63, 3.8) is 0 Å². The lowest BCUT2D eigenvalue weighted by molar-refractivity contribution is -0.118. The molecule has 2 aromatic rings. The molecular weight excluding hydrogens is 324 g/mol. The standard InChI is InChI=1S/C17H20N4O2S/c1-12-10-13(2)21-17(20-12)24-11-15(22)18-8-9-19-16(23)14-6-4-3-5-7-14/h3-7,10H,8-9,11H2,1-2H3,(H,18,22)(H,19,23). The van der Waals surface area contributed by atoms with Crippen molar-refractivity contribution in [2.45, 2.75) is 19.0 Å². The van der Waals surface area contributed by atoms with Crippen LogP contribution in [0.2, 0.25) is 0 Å². The Labute approximate surface area is 145 Å². The van der Waals surface area contributed by atoms with E-state index in [4.69, 9.17) is 0 Å². The smallest absolute Gasteiger partial charge is 0.251 e. The van der Waals surface area contributed by atoms with Gasteiger partial charge in [0.15, 0.2) is 5.16 Å². The molecule has 1 heterocycles. The number of thioether (sulfide) groups is 1. The molecule has 0 fully saturated rings. The molecule has 0 bridgehead atoms. The molecule has 0 spiro atoms. The summed E-state index contributed by atoms with van der Waals surface area (Å²) in [5.41, 5.74) is 2.37. The van der Waals surface area contributed by atoms with E-state index in [2.05, 4.69) is 20.6 Å². The van der Waals surface area contributed by atoms with E-state index in [1.54, 1.807) is 12.1 Å². The predicted molar refractivity (Wildman–Crippen MR) is 94.0 cm³/mol. The molecule has 0 aliphatic carbocycles. The second-order valence-corrected chi connectivity index (χ2v) is 6.14. The van der Waals surface area contributed by atoms with E-state index in [0.29, 0.717) is 23.8 Å².